The van der Waals surface area contributed by atoms with Crippen LogP contribution < -0.4 is 4.90 Å². The maximum absolute atomic E-state index is 12.3. The topological polar surface area (TPSA) is 66.8 Å². The molecule has 1 aliphatic carbocycles. The Kier molecular flexibility index (Phi) is 2.93. The number of nitrogens with zero attached hydrogens (tertiary/aromatic N) is 1. The summed E-state index contributed by atoms with van der Waals surface area (Å²) in [5, 5.41) is 8.69. The van der Waals surface area contributed by atoms with Crippen LogP contribution in [0, 0.1) is 11.8 Å². The summed E-state index contributed by atoms with van der Waals surface area (Å²) in [7, 11) is 0. The number of hydrogen-bond donors (Lipinski definition) is 1. The van der Waals surface area contributed by atoms with Crippen molar-refractivity contribution < 1.29 is 19.7 Å². The van der Waals surface area contributed by atoms with Crippen LogP contribution in [0.1, 0.15) is 6.42 Å². The van der Waals surface area contributed by atoms with Gasteiger partial charge in [0.2, 0.25) is 11.8 Å². The maximum atomic E-state index is 12.3. The first-order valence-electron chi connectivity index (χ1n) is 6.14. The first-order chi connectivity index (χ1) is 9.22. The fourth-order valence-corrected chi connectivity index (χ4v) is 2.70. The van der Waals surface area contributed by atoms with Crippen molar-refractivity contribution in [3.63, 3.8) is 0 Å². The quantitative estimate of drug-likeness (QED) is 0.379. The zero-order valence-electron chi connectivity index (χ0n) is 10.1. The van der Waals surface area contributed by atoms with Crippen LogP contribution >= 0.6 is 0 Å². The SMILES string of the molecule is O=C1[C@H]2C[C@@H](OO)C=C[C@H]2C(=O)N1c1ccccc1. The Balaban J connectivity index is 1.94. The van der Waals surface area contributed by atoms with Gasteiger partial charge in [-0.2, -0.15) is 0 Å². The Morgan fingerprint density at radius 3 is 2.53 bits per heavy atom. The smallest absolute Gasteiger partial charge is 0.241 e. The standard InChI is InChI=1S/C14H13NO4/c16-13-11-7-6-10(19-18)8-12(11)14(17)15(13)9-4-2-1-3-5-9/h1-7,10-12,18H,8H2/t10-,11+,12-/m0/s1. The number of carbonyl (C=O) groups excluding carboxylic acids is 2. The van der Waals surface area contributed by atoms with Gasteiger partial charge in [-0.15, -0.1) is 0 Å². The molecule has 1 heterocycles. The third-order valence-electron chi connectivity index (χ3n) is 3.65. The minimum absolute atomic E-state index is 0.214. The van der Waals surface area contributed by atoms with Crippen molar-refractivity contribution in [2.24, 2.45) is 11.8 Å². The zero-order valence-corrected chi connectivity index (χ0v) is 10.1. The molecule has 0 bridgehead atoms. The fraction of sp³-hybridized carbons (Fsp3) is 0.286. The molecule has 19 heavy (non-hydrogen) atoms. The molecule has 0 unspecified atom stereocenters. The van der Waals surface area contributed by atoms with E-state index in [4.69, 9.17) is 5.26 Å². The lowest BCUT2D eigenvalue weighted by molar-refractivity contribution is -0.269. The number of para-hydroxylation sites is 1. The number of benzene rings is 1. The van der Waals surface area contributed by atoms with E-state index in [9.17, 15) is 9.59 Å². The first kappa shape index (κ1) is 12.1. The Bertz CT molecular complexity index is 540. The molecule has 0 saturated carbocycles. The van der Waals surface area contributed by atoms with Gasteiger partial charge in [-0.05, 0) is 18.6 Å². The van der Waals surface area contributed by atoms with Crippen LogP contribution in [-0.2, 0) is 14.5 Å². The summed E-state index contributed by atoms with van der Waals surface area (Å²) >= 11 is 0. The van der Waals surface area contributed by atoms with Crippen LogP contribution in [0.25, 0.3) is 0 Å². The van der Waals surface area contributed by atoms with E-state index in [2.05, 4.69) is 4.89 Å². The van der Waals surface area contributed by atoms with Gasteiger partial charge in [0.15, 0.2) is 0 Å². The summed E-state index contributed by atoms with van der Waals surface area (Å²) in [6, 6.07) is 8.87. The average Bonchev–Trinajstić information content (AvgIpc) is 2.71. The number of amides is 2. The van der Waals surface area contributed by atoms with Gasteiger partial charge in [0.25, 0.3) is 0 Å². The molecule has 3 atom stereocenters. The average molecular weight is 259 g/mol. The minimum Gasteiger partial charge on any atom is -0.274 e. The highest BCUT2D eigenvalue weighted by Gasteiger charge is 2.49. The van der Waals surface area contributed by atoms with Gasteiger partial charge >= 0.3 is 0 Å². The largest absolute Gasteiger partial charge is 0.274 e. The molecule has 2 aliphatic rings. The second-order valence-corrected chi connectivity index (χ2v) is 4.74. The Hall–Kier alpha value is -1.98. The molecule has 1 N–H and O–H groups in total. The highest BCUT2D eigenvalue weighted by Crippen LogP contribution is 2.37. The highest BCUT2D eigenvalue weighted by atomic mass is 17.1. The summed E-state index contributed by atoms with van der Waals surface area (Å²) < 4.78 is 0. The molecule has 5 nitrogen and oxygen atoms in total. The molecule has 0 spiro atoms. The van der Waals surface area contributed by atoms with Crippen LogP contribution in [0.3, 0.4) is 0 Å². The molecule has 1 saturated heterocycles. The van der Waals surface area contributed by atoms with E-state index in [0.717, 1.165) is 0 Å². The van der Waals surface area contributed by atoms with Crippen molar-refractivity contribution in [2.45, 2.75) is 12.5 Å². The number of hydrogen-bond acceptors (Lipinski definition) is 4. The van der Waals surface area contributed by atoms with Crippen LogP contribution in [0.2, 0.25) is 0 Å². The van der Waals surface area contributed by atoms with Gasteiger partial charge < -0.3 is 0 Å². The van der Waals surface area contributed by atoms with Gasteiger partial charge in [0.05, 0.1) is 17.5 Å². The van der Waals surface area contributed by atoms with E-state index in [1.54, 1.807) is 36.4 Å². The van der Waals surface area contributed by atoms with E-state index in [-0.39, 0.29) is 11.8 Å². The summed E-state index contributed by atoms with van der Waals surface area (Å²) in [6.07, 6.45) is 3.08. The molecule has 5 heteroatoms. The second-order valence-electron chi connectivity index (χ2n) is 4.74. The second kappa shape index (κ2) is 4.60. The summed E-state index contributed by atoms with van der Waals surface area (Å²) in [4.78, 5) is 30.1. The highest BCUT2D eigenvalue weighted by molar-refractivity contribution is 6.22. The van der Waals surface area contributed by atoms with Crippen LogP contribution in [0.15, 0.2) is 42.5 Å². The Labute approximate surface area is 110 Å². The minimum atomic E-state index is -0.520. The molecule has 1 aromatic carbocycles. The van der Waals surface area contributed by atoms with Crippen molar-refractivity contribution in [1.29, 1.82) is 0 Å². The predicted molar refractivity (Wildman–Crippen MR) is 67.2 cm³/mol. The van der Waals surface area contributed by atoms with E-state index in [1.807, 2.05) is 6.07 Å². The molecular formula is C14H13NO4. The van der Waals surface area contributed by atoms with Gasteiger partial charge in [-0.3, -0.25) is 14.8 Å². The molecule has 1 aliphatic heterocycles. The number of rotatable bonds is 2. The molecule has 0 radical (unpaired) electrons. The number of fused-ring (bicyclic) bond motifs is 1. The summed E-state index contributed by atoms with van der Waals surface area (Å²) in [5.74, 6) is -1.34. The van der Waals surface area contributed by atoms with E-state index in [0.29, 0.717) is 12.1 Å². The van der Waals surface area contributed by atoms with Gasteiger partial charge in [-0.25, -0.2) is 9.79 Å². The molecule has 98 valence electrons. The normalized spacial score (nSPS) is 29.7. The van der Waals surface area contributed by atoms with Crippen molar-refractivity contribution >= 4 is 17.5 Å². The van der Waals surface area contributed by atoms with Crippen LogP contribution in [0.5, 0.6) is 0 Å². The zero-order chi connectivity index (χ0) is 13.4. The lowest BCUT2D eigenvalue weighted by atomic mass is 9.85. The molecule has 0 aromatic heterocycles. The fourth-order valence-electron chi connectivity index (χ4n) is 2.70. The third kappa shape index (κ3) is 1.87. The molecular weight excluding hydrogens is 246 g/mol. The number of carbonyl (C=O) groups is 2. The number of anilines is 1. The van der Waals surface area contributed by atoms with Crippen LogP contribution in [-0.4, -0.2) is 23.2 Å². The number of imide groups is 1. The third-order valence-corrected chi connectivity index (χ3v) is 3.65. The van der Waals surface area contributed by atoms with Gasteiger partial charge in [0.1, 0.15) is 6.10 Å². The Morgan fingerprint density at radius 2 is 1.84 bits per heavy atom. The first-order valence-corrected chi connectivity index (χ1v) is 6.14. The lowest BCUT2D eigenvalue weighted by Crippen LogP contribution is -2.31. The predicted octanol–water partition coefficient (Wildman–Crippen LogP) is 1.61. The molecule has 1 aromatic rings. The van der Waals surface area contributed by atoms with Gasteiger partial charge in [0, 0.05) is 0 Å². The maximum Gasteiger partial charge on any atom is 0.241 e. The van der Waals surface area contributed by atoms with E-state index in [1.165, 1.54) is 4.90 Å². The van der Waals surface area contributed by atoms with Gasteiger partial charge in [-0.1, -0.05) is 30.4 Å². The molecule has 3 rings (SSSR count). The van der Waals surface area contributed by atoms with Crippen LogP contribution in [0.4, 0.5) is 5.69 Å². The summed E-state index contributed by atoms with van der Waals surface area (Å²) in [5.41, 5.74) is 0.585. The van der Waals surface area contributed by atoms with Crippen molar-refractivity contribution in [1.82, 2.24) is 0 Å². The summed E-state index contributed by atoms with van der Waals surface area (Å²) in [6.45, 7) is 0. The monoisotopic (exact) mass is 259 g/mol. The van der Waals surface area contributed by atoms with E-state index < -0.39 is 17.9 Å². The Morgan fingerprint density at radius 1 is 1.11 bits per heavy atom. The molecule has 1 fully saturated rings. The molecule has 2 amide bonds. The van der Waals surface area contributed by atoms with Crippen molar-refractivity contribution in [2.75, 3.05) is 4.90 Å². The van der Waals surface area contributed by atoms with Crippen molar-refractivity contribution in [3.05, 3.63) is 42.5 Å². The van der Waals surface area contributed by atoms with Crippen molar-refractivity contribution in [3.8, 4) is 0 Å². The lowest BCUT2D eigenvalue weighted by Gasteiger charge is -2.20. The van der Waals surface area contributed by atoms with E-state index >= 15 is 0 Å².